The second kappa shape index (κ2) is 3.85. The molecule has 0 aromatic carbocycles. The molecule has 2 N–H and O–H groups in total. The van der Waals surface area contributed by atoms with Crippen LogP contribution in [0.3, 0.4) is 0 Å². The third-order valence-electron chi connectivity index (χ3n) is 2.28. The molecule has 13 heavy (non-hydrogen) atoms. The molecule has 0 radical (unpaired) electrons. The third-order valence-corrected chi connectivity index (χ3v) is 2.28. The Morgan fingerprint density at radius 3 is 3.00 bits per heavy atom. The van der Waals surface area contributed by atoms with Gasteiger partial charge in [-0.05, 0) is 24.5 Å². The van der Waals surface area contributed by atoms with Gasteiger partial charge in [-0.15, -0.1) is 0 Å². The Balaban J connectivity index is 2.02. The predicted molar refractivity (Wildman–Crippen MR) is 50.2 cm³/mol. The highest BCUT2D eigenvalue weighted by atomic mass is 16.3. The van der Waals surface area contributed by atoms with Crippen molar-refractivity contribution in [2.75, 3.05) is 6.61 Å². The Morgan fingerprint density at radius 1 is 1.62 bits per heavy atom. The minimum atomic E-state index is 0.0567. The second-order valence-electron chi connectivity index (χ2n) is 3.46. The van der Waals surface area contributed by atoms with Gasteiger partial charge in [-0.1, -0.05) is 6.07 Å². The van der Waals surface area contributed by atoms with Crippen molar-refractivity contribution < 1.29 is 5.11 Å². The average Bonchev–Trinajstić information content (AvgIpc) is 2.99. The zero-order chi connectivity index (χ0) is 9.10. The van der Waals surface area contributed by atoms with Gasteiger partial charge in [0.15, 0.2) is 0 Å². The maximum Gasteiger partial charge on any atom is 0.0627 e. The zero-order valence-electron chi connectivity index (χ0n) is 7.48. The van der Waals surface area contributed by atoms with Gasteiger partial charge in [0.2, 0.25) is 0 Å². The van der Waals surface area contributed by atoms with Crippen molar-refractivity contribution in [1.29, 1.82) is 0 Å². The molecule has 0 aliphatic heterocycles. The fraction of sp³-hybridized carbons (Fsp3) is 0.500. The molecule has 2 rings (SSSR count). The first kappa shape index (κ1) is 8.66. The monoisotopic (exact) mass is 178 g/mol. The van der Waals surface area contributed by atoms with Crippen LogP contribution in [0.4, 0.5) is 0 Å². The van der Waals surface area contributed by atoms with Crippen LogP contribution in [0.15, 0.2) is 24.5 Å². The summed E-state index contributed by atoms with van der Waals surface area (Å²) in [5, 5.41) is 12.5. The molecular formula is C10H14N2O. The predicted octanol–water partition coefficient (Wildman–Crippen LogP) is 0.867. The molecule has 1 fully saturated rings. The lowest BCUT2D eigenvalue weighted by molar-refractivity contribution is 0.243. The van der Waals surface area contributed by atoms with Gasteiger partial charge in [0.1, 0.15) is 0 Å². The topological polar surface area (TPSA) is 45.1 Å². The molecule has 0 spiro atoms. The largest absolute Gasteiger partial charge is 0.394 e. The zero-order valence-corrected chi connectivity index (χ0v) is 7.48. The minimum Gasteiger partial charge on any atom is -0.394 e. The number of hydrogen-bond acceptors (Lipinski definition) is 3. The normalized spacial score (nSPS) is 18.5. The number of aliphatic hydroxyl groups excluding tert-OH is 1. The minimum absolute atomic E-state index is 0.0567. The van der Waals surface area contributed by atoms with E-state index >= 15 is 0 Å². The summed E-state index contributed by atoms with van der Waals surface area (Å²) in [6, 6.07) is 4.55. The molecular weight excluding hydrogens is 164 g/mol. The average molecular weight is 178 g/mol. The van der Waals surface area contributed by atoms with E-state index in [2.05, 4.69) is 10.3 Å². The summed E-state index contributed by atoms with van der Waals surface area (Å²) in [7, 11) is 0. The van der Waals surface area contributed by atoms with Gasteiger partial charge in [0, 0.05) is 18.4 Å². The molecule has 1 aromatic rings. The standard InChI is InChI=1S/C10H14N2O/c13-7-10(12-9-3-4-9)8-2-1-5-11-6-8/h1-2,5-6,9-10,12-13H,3-4,7H2. The van der Waals surface area contributed by atoms with Gasteiger partial charge in [0.25, 0.3) is 0 Å². The van der Waals surface area contributed by atoms with Crippen molar-refractivity contribution in [3.63, 3.8) is 0 Å². The van der Waals surface area contributed by atoms with Gasteiger partial charge in [-0.25, -0.2) is 0 Å². The smallest absolute Gasteiger partial charge is 0.0627 e. The highest BCUT2D eigenvalue weighted by molar-refractivity contribution is 5.14. The van der Waals surface area contributed by atoms with E-state index in [9.17, 15) is 0 Å². The van der Waals surface area contributed by atoms with Crippen LogP contribution in [0.1, 0.15) is 24.4 Å². The van der Waals surface area contributed by atoms with E-state index < -0.39 is 0 Å². The maximum absolute atomic E-state index is 9.17. The van der Waals surface area contributed by atoms with Crippen molar-refractivity contribution in [2.24, 2.45) is 0 Å². The van der Waals surface area contributed by atoms with Crippen LogP contribution >= 0.6 is 0 Å². The second-order valence-corrected chi connectivity index (χ2v) is 3.46. The van der Waals surface area contributed by atoms with E-state index in [1.165, 1.54) is 12.8 Å². The van der Waals surface area contributed by atoms with Crippen LogP contribution in [0.2, 0.25) is 0 Å². The highest BCUT2D eigenvalue weighted by Gasteiger charge is 2.24. The molecule has 1 aliphatic carbocycles. The number of aromatic nitrogens is 1. The summed E-state index contributed by atoms with van der Waals surface area (Å²) < 4.78 is 0. The number of rotatable bonds is 4. The molecule has 1 unspecified atom stereocenters. The van der Waals surface area contributed by atoms with Gasteiger partial charge >= 0.3 is 0 Å². The fourth-order valence-corrected chi connectivity index (χ4v) is 1.37. The van der Waals surface area contributed by atoms with E-state index in [-0.39, 0.29) is 12.6 Å². The molecule has 1 saturated carbocycles. The van der Waals surface area contributed by atoms with Gasteiger partial charge in [-0.2, -0.15) is 0 Å². The van der Waals surface area contributed by atoms with Crippen molar-refractivity contribution in [3.8, 4) is 0 Å². The number of nitrogens with one attached hydrogen (secondary N) is 1. The van der Waals surface area contributed by atoms with Crippen molar-refractivity contribution in [3.05, 3.63) is 30.1 Å². The van der Waals surface area contributed by atoms with Gasteiger partial charge < -0.3 is 10.4 Å². The molecule has 0 saturated heterocycles. The number of pyridine rings is 1. The molecule has 0 amide bonds. The van der Waals surface area contributed by atoms with Gasteiger partial charge in [-0.3, -0.25) is 4.98 Å². The Kier molecular flexibility index (Phi) is 2.57. The first-order valence-corrected chi connectivity index (χ1v) is 4.67. The van der Waals surface area contributed by atoms with Crippen LogP contribution in [0, 0.1) is 0 Å². The maximum atomic E-state index is 9.17. The van der Waals surface area contributed by atoms with Crippen molar-refractivity contribution in [1.82, 2.24) is 10.3 Å². The first-order valence-electron chi connectivity index (χ1n) is 4.67. The summed E-state index contributed by atoms with van der Waals surface area (Å²) >= 11 is 0. The summed E-state index contributed by atoms with van der Waals surface area (Å²) in [6.07, 6.45) is 6.01. The van der Waals surface area contributed by atoms with E-state index in [0.717, 1.165) is 5.56 Å². The van der Waals surface area contributed by atoms with E-state index in [4.69, 9.17) is 5.11 Å². The summed E-state index contributed by atoms with van der Waals surface area (Å²) in [6.45, 7) is 0.141. The number of nitrogens with zero attached hydrogens (tertiary/aromatic N) is 1. The Morgan fingerprint density at radius 2 is 2.46 bits per heavy atom. The molecule has 3 heteroatoms. The van der Waals surface area contributed by atoms with E-state index in [1.807, 2.05) is 12.1 Å². The quantitative estimate of drug-likeness (QED) is 0.719. The third kappa shape index (κ3) is 2.26. The lowest BCUT2D eigenvalue weighted by atomic mass is 10.1. The molecule has 0 bridgehead atoms. The first-order chi connectivity index (χ1) is 6.40. The highest BCUT2D eigenvalue weighted by Crippen LogP contribution is 2.23. The summed E-state index contributed by atoms with van der Waals surface area (Å²) in [4.78, 5) is 4.03. The molecule has 1 aromatic heterocycles. The van der Waals surface area contributed by atoms with Crippen LogP contribution in [0.5, 0.6) is 0 Å². The van der Waals surface area contributed by atoms with Crippen molar-refractivity contribution >= 4 is 0 Å². The lowest BCUT2D eigenvalue weighted by Crippen LogP contribution is -2.26. The number of aliphatic hydroxyl groups is 1. The molecule has 3 nitrogen and oxygen atoms in total. The molecule has 1 atom stereocenters. The lowest BCUT2D eigenvalue weighted by Gasteiger charge is -2.15. The summed E-state index contributed by atoms with van der Waals surface area (Å²) in [5.74, 6) is 0. The molecule has 70 valence electrons. The fourth-order valence-electron chi connectivity index (χ4n) is 1.37. The summed E-state index contributed by atoms with van der Waals surface area (Å²) in [5.41, 5.74) is 1.07. The van der Waals surface area contributed by atoms with Crippen LogP contribution in [0.25, 0.3) is 0 Å². The molecule has 1 heterocycles. The van der Waals surface area contributed by atoms with Crippen molar-refractivity contribution in [2.45, 2.75) is 24.9 Å². The SMILES string of the molecule is OCC(NC1CC1)c1cccnc1. The van der Waals surface area contributed by atoms with Crippen LogP contribution in [-0.2, 0) is 0 Å². The van der Waals surface area contributed by atoms with E-state index in [1.54, 1.807) is 12.4 Å². The number of hydrogen-bond donors (Lipinski definition) is 2. The Bertz CT molecular complexity index is 259. The van der Waals surface area contributed by atoms with E-state index in [0.29, 0.717) is 6.04 Å². The van der Waals surface area contributed by atoms with Crippen LogP contribution in [-0.4, -0.2) is 22.7 Å². The van der Waals surface area contributed by atoms with Gasteiger partial charge in [0.05, 0.1) is 12.6 Å². The Labute approximate surface area is 77.8 Å². The molecule has 1 aliphatic rings. The van der Waals surface area contributed by atoms with Crippen LogP contribution < -0.4 is 5.32 Å². The Hall–Kier alpha value is -0.930.